The molecule has 5 heteroatoms. The van der Waals surface area contributed by atoms with Crippen LogP contribution in [0.1, 0.15) is 58.4 Å². The zero-order chi connectivity index (χ0) is 13.8. The van der Waals surface area contributed by atoms with Crippen molar-refractivity contribution in [2.24, 2.45) is 0 Å². The van der Waals surface area contributed by atoms with Crippen molar-refractivity contribution < 1.29 is 4.79 Å². The maximum Gasteiger partial charge on any atom is 0.261 e. The van der Waals surface area contributed by atoms with Gasteiger partial charge in [0.15, 0.2) is 0 Å². The van der Waals surface area contributed by atoms with E-state index in [1.807, 2.05) is 17.5 Å². The summed E-state index contributed by atoms with van der Waals surface area (Å²) in [5.41, 5.74) is 1.23. The molecule has 1 amide bonds. The highest BCUT2D eigenvalue weighted by molar-refractivity contribution is 7.12. The first-order valence-corrected chi connectivity index (χ1v) is 8.85. The zero-order valence-electron chi connectivity index (χ0n) is 11.3. The number of amides is 1. The minimum Gasteiger partial charge on any atom is -0.345 e. The van der Waals surface area contributed by atoms with Crippen LogP contribution in [0.4, 0.5) is 0 Å². The third-order valence-electron chi connectivity index (χ3n) is 3.74. The number of hydrogen-bond donors (Lipinski definition) is 1. The summed E-state index contributed by atoms with van der Waals surface area (Å²) in [5, 5.41) is 8.03. The molecule has 0 saturated heterocycles. The Morgan fingerprint density at radius 3 is 2.90 bits per heavy atom. The van der Waals surface area contributed by atoms with Crippen LogP contribution in [-0.2, 0) is 6.54 Å². The molecule has 0 atom stereocenters. The number of thiazole rings is 1. The van der Waals surface area contributed by atoms with Crippen molar-refractivity contribution in [3.63, 3.8) is 0 Å². The average Bonchev–Trinajstić information content (AvgIpc) is 3.17. The molecule has 0 unspecified atom stereocenters. The predicted octanol–water partition coefficient (Wildman–Crippen LogP) is 4.18. The molecule has 20 heavy (non-hydrogen) atoms. The van der Waals surface area contributed by atoms with Crippen molar-refractivity contribution in [2.75, 3.05) is 0 Å². The Morgan fingerprint density at radius 1 is 1.30 bits per heavy atom. The highest BCUT2D eigenvalue weighted by Gasteiger charge is 2.18. The first-order chi connectivity index (χ1) is 9.83. The molecule has 0 aromatic carbocycles. The van der Waals surface area contributed by atoms with Crippen LogP contribution in [0.25, 0.3) is 0 Å². The summed E-state index contributed by atoms with van der Waals surface area (Å²) >= 11 is 3.13. The second-order valence-corrected chi connectivity index (χ2v) is 7.05. The van der Waals surface area contributed by atoms with Crippen LogP contribution in [0.2, 0.25) is 0 Å². The number of aromatic nitrogens is 1. The minimum absolute atomic E-state index is 0.00517. The summed E-state index contributed by atoms with van der Waals surface area (Å²) in [6.07, 6.45) is 6.55. The van der Waals surface area contributed by atoms with E-state index in [1.165, 1.54) is 49.1 Å². The van der Waals surface area contributed by atoms with Crippen molar-refractivity contribution in [2.45, 2.75) is 44.6 Å². The molecular formula is C15H18N2OS2. The number of carbonyl (C=O) groups is 1. The maximum absolute atomic E-state index is 11.9. The molecule has 1 aliphatic rings. The van der Waals surface area contributed by atoms with E-state index in [2.05, 4.69) is 10.7 Å². The lowest BCUT2D eigenvalue weighted by atomic mass is 9.87. The zero-order valence-corrected chi connectivity index (χ0v) is 12.9. The molecule has 2 aromatic heterocycles. The van der Waals surface area contributed by atoms with Crippen molar-refractivity contribution in [3.05, 3.63) is 38.5 Å². The van der Waals surface area contributed by atoms with Crippen LogP contribution >= 0.6 is 22.7 Å². The van der Waals surface area contributed by atoms with Crippen LogP contribution in [0.15, 0.2) is 22.9 Å². The smallest absolute Gasteiger partial charge is 0.261 e. The highest BCUT2D eigenvalue weighted by atomic mass is 32.1. The lowest BCUT2D eigenvalue weighted by molar-refractivity contribution is 0.0955. The number of rotatable bonds is 4. The molecule has 106 valence electrons. The number of hydrogen-bond acceptors (Lipinski definition) is 4. The van der Waals surface area contributed by atoms with Crippen LogP contribution in [0.3, 0.4) is 0 Å². The third kappa shape index (κ3) is 3.27. The molecular weight excluding hydrogens is 288 g/mol. The van der Waals surface area contributed by atoms with Gasteiger partial charge in [-0.25, -0.2) is 4.98 Å². The summed E-state index contributed by atoms with van der Waals surface area (Å²) in [5.74, 6) is 0.635. The van der Waals surface area contributed by atoms with Crippen LogP contribution < -0.4 is 5.32 Å². The van der Waals surface area contributed by atoms with E-state index in [9.17, 15) is 4.79 Å². The van der Waals surface area contributed by atoms with Crippen LogP contribution in [0, 0.1) is 0 Å². The SMILES string of the molecule is O=C(NCc1nc(C2CCCCC2)cs1)c1cccs1. The largest absolute Gasteiger partial charge is 0.345 e. The van der Waals surface area contributed by atoms with E-state index in [1.54, 1.807) is 11.3 Å². The second kappa shape index (κ2) is 6.50. The van der Waals surface area contributed by atoms with Gasteiger partial charge in [-0.05, 0) is 24.3 Å². The number of nitrogens with one attached hydrogen (secondary N) is 1. The van der Waals surface area contributed by atoms with Crippen molar-refractivity contribution >= 4 is 28.6 Å². The van der Waals surface area contributed by atoms with Gasteiger partial charge in [-0.3, -0.25) is 4.79 Å². The average molecular weight is 306 g/mol. The molecule has 1 N–H and O–H groups in total. The van der Waals surface area contributed by atoms with Crippen molar-refractivity contribution in [3.8, 4) is 0 Å². The Morgan fingerprint density at radius 2 is 2.15 bits per heavy atom. The number of nitrogens with zero attached hydrogens (tertiary/aromatic N) is 1. The topological polar surface area (TPSA) is 42.0 Å². The van der Waals surface area contributed by atoms with Gasteiger partial charge >= 0.3 is 0 Å². The minimum atomic E-state index is -0.00517. The Balaban J connectivity index is 1.56. The third-order valence-corrected chi connectivity index (χ3v) is 5.47. The highest BCUT2D eigenvalue weighted by Crippen LogP contribution is 2.32. The molecule has 2 aromatic rings. The fraction of sp³-hybridized carbons (Fsp3) is 0.467. The van der Waals surface area contributed by atoms with Crippen molar-refractivity contribution in [1.82, 2.24) is 10.3 Å². The predicted molar refractivity (Wildman–Crippen MR) is 83.4 cm³/mol. The van der Waals surface area contributed by atoms with E-state index < -0.39 is 0 Å². The standard InChI is InChI=1S/C15H18N2OS2/c18-15(13-7-4-8-19-13)16-9-14-17-12(10-20-14)11-5-2-1-3-6-11/h4,7-8,10-11H,1-3,5-6,9H2,(H,16,18). The van der Waals surface area contributed by atoms with E-state index >= 15 is 0 Å². The molecule has 1 aliphatic carbocycles. The summed E-state index contributed by atoms with van der Waals surface area (Å²) < 4.78 is 0. The Kier molecular flexibility index (Phi) is 4.47. The van der Waals surface area contributed by atoms with Gasteiger partial charge < -0.3 is 5.32 Å². The van der Waals surface area contributed by atoms with Gasteiger partial charge in [0.05, 0.1) is 17.1 Å². The molecule has 3 rings (SSSR count). The van der Waals surface area contributed by atoms with Gasteiger partial charge in [-0.2, -0.15) is 0 Å². The van der Waals surface area contributed by atoms with Gasteiger partial charge in [0.2, 0.25) is 0 Å². The maximum atomic E-state index is 11.9. The van der Waals surface area contributed by atoms with Crippen LogP contribution in [-0.4, -0.2) is 10.9 Å². The molecule has 0 aliphatic heterocycles. The van der Waals surface area contributed by atoms with E-state index in [-0.39, 0.29) is 5.91 Å². The summed E-state index contributed by atoms with van der Waals surface area (Å²) in [7, 11) is 0. The quantitative estimate of drug-likeness (QED) is 0.920. The molecule has 1 fully saturated rings. The second-order valence-electron chi connectivity index (χ2n) is 5.16. The molecule has 0 radical (unpaired) electrons. The Bertz CT molecular complexity index is 556. The Labute approximate surface area is 127 Å². The van der Waals surface area contributed by atoms with E-state index in [0.717, 1.165) is 9.88 Å². The molecule has 0 spiro atoms. The lowest BCUT2D eigenvalue weighted by Gasteiger charge is -2.19. The Hall–Kier alpha value is -1.20. The molecule has 2 heterocycles. The molecule has 3 nitrogen and oxygen atoms in total. The van der Waals surface area contributed by atoms with E-state index in [4.69, 9.17) is 4.98 Å². The lowest BCUT2D eigenvalue weighted by Crippen LogP contribution is -2.21. The van der Waals surface area contributed by atoms with E-state index in [0.29, 0.717) is 12.5 Å². The van der Waals surface area contributed by atoms with Crippen LogP contribution in [0.5, 0.6) is 0 Å². The van der Waals surface area contributed by atoms with Crippen molar-refractivity contribution in [1.29, 1.82) is 0 Å². The van der Waals surface area contributed by atoms with Gasteiger partial charge in [0, 0.05) is 11.3 Å². The van der Waals surface area contributed by atoms with Gasteiger partial charge in [-0.15, -0.1) is 22.7 Å². The van der Waals surface area contributed by atoms with Gasteiger partial charge in [0.25, 0.3) is 5.91 Å². The fourth-order valence-corrected chi connectivity index (χ4v) is 4.10. The summed E-state index contributed by atoms with van der Waals surface area (Å²) in [6, 6.07) is 3.74. The first-order valence-electron chi connectivity index (χ1n) is 7.09. The van der Waals surface area contributed by atoms with Gasteiger partial charge in [0.1, 0.15) is 5.01 Å². The van der Waals surface area contributed by atoms with Gasteiger partial charge in [-0.1, -0.05) is 25.3 Å². The fourth-order valence-electron chi connectivity index (χ4n) is 2.64. The summed E-state index contributed by atoms with van der Waals surface area (Å²) in [6.45, 7) is 0.536. The normalized spacial score (nSPS) is 16.2. The molecule has 0 bridgehead atoms. The number of carbonyl (C=O) groups excluding carboxylic acids is 1. The molecule has 1 saturated carbocycles. The first kappa shape index (κ1) is 13.8. The monoisotopic (exact) mass is 306 g/mol. The number of thiophene rings is 1. The summed E-state index contributed by atoms with van der Waals surface area (Å²) in [4.78, 5) is 17.3.